The Morgan fingerprint density at radius 2 is 0.860 bits per heavy atom. The average molecular weight is 607 g/mol. The molecule has 0 aromatic heterocycles. The van der Waals surface area contributed by atoms with Gasteiger partial charge in [0.1, 0.15) is 6.10 Å². The van der Waals surface area contributed by atoms with Crippen LogP contribution in [0.3, 0.4) is 0 Å². The largest absolute Gasteiger partial charge is 0.481 e. The first kappa shape index (κ1) is 41.7. The van der Waals surface area contributed by atoms with E-state index in [-0.39, 0.29) is 18.5 Å². The second kappa shape index (κ2) is 35.2. The van der Waals surface area contributed by atoms with Crippen LogP contribution in [0.25, 0.3) is 0 Å². The van der Waals surface area contributed by atoms with E-state index in [1.807, 2.05) is 0 Å². The molecule has 0 heterocycles. The SMILES string of the molecule is CCCCCCCC/C=C\CCCCCCCCCCCC(=O)OC(CCCCCCCCCCCCC)CCC(=O)O. The van der Waals surface area contributed by atoms with Gasteiger partial charge in [-0.1, -0.05) is 167 Å². The Bertz CT molecular complexity index is 614. The fourth-order valence-corrected chi connectivity index (χ4v) is 5.87. The van der Waals surface area contributed by atoms with Crippen LogP contribution in [0.15, 0.2) is 12.2 Å². The van der Waals surface area contributed by atoms with E-state index < -0.39 is 5.97 Å². The second-order valence-electron chi connectivity index (χ2n) is 13.1. The maximum absolute atomic E-state index is 12.4. The Hall–Kier alpha value is -1.32. The van der Waals surface area contributed by atoms with Crippen molar-refractivity contribution in [2.75, 3.05) is 0 Å². The van der Waals surface area contributed by atoms with Gasteiger partial charge in [0, 0.05) is 12.8 Å². The van der Waals surface area contributed by atoms with Crippen LogP contribution in [0.1, 0.15) is 219 Å². The van der Waals surface area contributed by atoms with Gasteiger partial charge in [0.05, 0.1) is 0 Å². The molecule has 1 unspecified atom stereocenters. The average Bonchev–Trinajstić information content (AvgIpc) is 2.99. The van der Waals surface area contributed by atoms with Gasteiger partial charge in [-0.25, -0.2) is 0 Å². The van der Waals surface area contributed by atoms with E-state index in [1.54, 1.807) is 0 Å². The molecule has 0 bridgehead atoms. The number of hydrogen-bond acceptors (Lipinski definition) is 3. The molecular formula is C39H74O4. The van der Waals surface area contributed by atoms with E-state index in [9.17, 15) is 9.59 Å². The molecule has 0 saturated carbocycles. The zero-order valence-corrected chi connectivity index (χ0v) is 29.0. The van der Waals surface area contributed by atoms with Crippen LogP contribution >= 0.6 is 0 Å². The lowest BCUT2D eigenvalue weighted by Crippen LogP contribution is -2.19. The summed E-state index contributed by atoms with van der Waals surface area (Å²) >= 11 is 0. The van der Waals surface area contributed by atoms with Crippen molar-refractivity contribution in [3.05, 3.63) is 12.2 Å². The number of carbonyl (C=O) groups is 2. The third kappa shape index (κ3) is 35.0. The predicted molar refractivity (Wildman–Crippen MR) is 186 cm³/mol. The topological polar surface area (TPSA) is 63.6 Å². The van der Waals surface area contributed by atoms with Crippen molar-refractivity contribution in [2.45, 2.75) is 225 Å². The summed E-state index contributed by atoms with van der Waals surface area (Å²) in [6, 6.07) is 0. The van der Waals surface area contributed by atoms with Crippen LogP contribution in [0.5, 0.6) is 0 Å². The third-order valence-electron chi connectivity index (χ3n) is 8.75. The van der Waals surface area contributed by atoms with Crippen LogP contribution < -0.4 is 0 Å². The van der Waals surface area contributed by atoms with Crippen molar-refractivity contribution in [1.82, 2.24) is 0 Å². The minimum absolute atomic E-state index is 0.0753. The molecule has 1 N–H and O–H groups in total. The Balaban J connectivity index is 3.67. The van der Waals surface area contributed by atoms with E-state index in [0.29, 0.717) is 12.8 Å². The first-order valence-corrected chi connectivity index (χ1v) is 19.2. The molecule has 0 rings (SSSR count). The molecule has 0 aliphatic carbocycles. The summed E-state index contributed by atoms with van der Waals surface area (Å²) in [5.41, 5.74) is 0. The number of rotatable bonds is 35. The number of carbonyl (C=O) groups excluding carboxylic acids is 1. The number of aliphatic carboxylic acids is 1. The molecule has 0 aromatic carbocycles. The molecule has 0 fully saturated rings. The maximum Gasteiger partial charge on any atom is 0.306 e. The van der Waals surface area contributed by atoms with E-state index in [4.69, 9.17) is 9.84 Å². The maximum atomic E-state index is 12.4. The molecule has 1 atom stereocenters. The summed E-state index contributed by atoms with van der Waals surface area (Å²) in [6.45, 7) is 4.53. The van der Waals surface area contributed by atoms with Gasteiger partial charge in [-0.3, -0.25) is 9.59 Å². The lowest BCUT2D eigenvalue weighted by atomic mass is 10.0. The van der Waals surface area contributed by atoms with Crippen molar-refractivity contribution in [3.8, 4) is 0 Å². The molecule has 0 amide bonds. The molecule has 0 spiro atoms. The minimum atomic E-state index is -0.810. The number of carboxylic acid groups (broad SMARTS) is 1. The van der Waals surface area contributed by atoms with Gasteiger partial charge in [0.2, 0.25) is 0 Å². The van der Waals surface area contributed by atoms with Gasteiger partial charge in [-0.2, -0.15) is 0 Å². The summed E-state index contributed by atoms with van der Waals surface area (Å²) in [6.07, 6.45) is 42.3. The van der Waals surface area contributed by atoms with Crippen molar-refractivity contribution in [3.63, 3.8) is 0 Å². The van der Waals surface area contributed by atoms with Crippen molar-refractivity contribution >= 4 is 11.9 Å². The standard InChI is InChI=1S/C39H74O4/c1-3-5-7-9-11-13-15-16-17-18-19-20-21-22-24-26-28-30-32-34-39(42)43-37(35-36-38(40)41)33-31-29-27-25-23-14-12-10-8-6-4-2/h16-17,37H,3-15,18-36H2,1-2H3,(H,40,41)/b17-16-. The zero-order valence-electron chi connectivity index (χ0n) is 29.0. The van der Waals surface area contributed by atoms with E-state index in [1.165, 1.54) is 154 Å². The summed E-state index contributed by atoms with van der Waals surface area (Å²) in [4.78, 5) is 23.5. The Morgan fingerprint density at radius 3 is 1.28 bits per heavy atom. The van der Waals surface area contributed by atoms with Gasteiger partial charge in [0.15, 0.2) is 0 Å². The normalized spacial score (nSPS) is 12.2. The van der Waals surface area contributed by atoms with Gasteiger partial charge in [0.25, 0.3) is 0 Å². The molecular weight excluding hydrogens is 532 g/mol. The molecule has 43 heavy (non-hydrogen) atoms. The van der Waals surface area contributed by atoms with Gasteiger partial charge in [-0.05, 0) is 51.4 Å². The van der Waals surface area contributed by atoms with E-state index in [2.05, 4.69) is 26.0 Å². The van der Waals surface area contributed by atoms with Crippen molar-refractivity contribution < 1.29 is 19.4 Å². The first-order valence-electron chi connectivity index (χ1n) is 19.2. The van der Waals surface area contributed by atoms with E-state index >= 15 is 0 Å². The quantitative estimate of drug-likeness (QED) is 0.0443. The highest BCUT2D eigenvalue weighted by Crippen LogP contribution is 2.18. The van der Waals surface area contributed by atoms with E-state index in [0.717, 1.165) is 32.1 Å². The Morgan fingerprint density at radius 1 is 0.488 bits per heavy atom. The van der Waals surface area contributed by atoms with Crippen LogP contribution in [-0.2, 0) is 14.3 Å². The number of unbranched alkanes of at least 4 members (excludes halogenated alkanes) is 25. The minimum Gasteiger partial charge on any atom is -0.481 e. The van der Waals surface area contributed by atoms with Crippen LogP contribution in [0.2, 0.25) is 0 Å². The fraction of sp³-hybridized carbons (Fsp3) is 0.897. The van der Waals surface area contributed by atoms with Crippen LogP contribution in [0, 0.1) is 0 Å². The highest BCUT2D eigenvalue weighted by atomic mass is 16.5. The highest BCUT2D eigenvalue weighted by molar-refractivity contribution is 5.69. The van der Waals surface area contributed by atoms with Gasteiger partial charge >= 0.3 is 11.9 Å². The highest BCUT2D eigenvalue weighted by Gasteiger charge is 2.16. The molecule has 0 saturated heterocycles. The lowest BCUT2D eigenvalue weighted by Gasteiger charge is -2.17. The summed E-state index contributed by atoms with van der Waals surface area (Å²) in [5.74, 6) is -0.949. The molecule has 0 aromatic rings. The summed E-state index contributed by atoms with van der Waals surface area (Å²) in [7, 11) is 0. The fourth-order valence-electron chi connectivity index (χ4n) is 5.87. The number of esters is 1. The monoisotopic (exact) mass is 607 g/mol. The number of ether oxygens (including phenoxy) is 1. The Labute approximate surface area is 268 Å². The summed E-state index contributed by atoms with van der Waals surface area (Å²) < 4.78 is 5.72. The molecule has 0 radical (unpaired) electrons. The smallest absolute Gasteiger partial charge is 0.306 e. The molecule has 0 aliphatic rings. The van der Waals surface area contributed by atoms with Crippen molar-refractivity contribution in [2.24, 2.45) is 0 Å². The third-order valence-corrected chi connectivity index (χ3v) is 8.75. The molecule has 0 aliphatic heterocycles. The van der Waals surface area contributed by atoms with Crippen LogP contribution in [0.4, 0.5) is 0 Å². The number of carboxylic acids is 1. The second-order valence-corrected chi connectivity index (χ2v) is 13.1. The lowest BCUT2D eigenvalue weighted by molar-refractivity contribution is -0.151. The van der Waals surface area contributed by atoms with Gasteiger partial charge < -0.3 is 9.84 Å². The summed E-state index contributed by atoms with van der Waals surface area (Å²) in [5, 5.41) is 9.09. The van der Waals surface area contributed by atoms with Crippen molar-refractivity contribution in [1.29, 1.82) is 0 Å². The van der Waals surface area contributed by atoms with Crippen LogP contribution in [-0.4, -0.2) is 23.1 Å². The molecule has 4 nitrogen and oxygen atoms in total. The molecule has 4 heteroatoms. The predicted octanol–water partition coefficient (Wildman–Crippen LogP) is 13.1. The number of allylic oxidation sites excluding steroid dienone is 2. The number of hydrogen-bond donors (Lipinski definition) is 1. The zero-order chi connectivity index (χ0) is 31.5. The first-order chi connectivity index (χ1) is 21.1. The Kier molecular flexibility index (Phi) is 34.1. The molecule has 254 valence electrons. The van der Waals surface area contributed by atoms with Gasteiger partial charge in [-0.15, -0.1) is 0 Å².